The van der Waals surface area contributed by atoms with Crippen LogP contribution in [0, 0.1) is 5.92 Å². The van der Waals surface area contributed by atoms with E-state index in [1.165, 1.54) is 0 Å². The molecule has 0 spiro atoms. The van der Waals surface area contributed by atoms with E-state index in [2.05, 4.69) is 5.32 Å². The van der Waals surface area contributed by atoms with E-state index in [4.69, 9.17) is 19.9 Å². The maximum absolute atomic E-state index is 12.3. The molecule has 2 unspecified atom stereocenters. The molecule has 6 nitrogen and oxygen atoms in total. The fraction of sp³-hybridized carbons (Fsp3) is 0.611. The predicted octanol–water partition coefficient (Wildman–Crippen LogP) is 2.53. The smallest absolute Gasteiger partial charge is 0.225 e. The fourth-order valence-corrected chi connectivity index (χ4v) is 3.12. The summed E-state index contributed by atoms with van der Waals surface area (Å²) < 4.78 is 16.1. The normalized spacial score (nSPS) is 22.5. The zero-order valence-corrected chi connectivity index (χ0v) is 16.0. The van der Waals surface area contributed by atoms with Crippen LogP contribution in [0.25, 0.3) is 0 Å². The van der Waals surface area contributed by atoms with E-state index in [-0.39, 0.29) is 24.2 Å². The van der Waals surface area contributed by atoms with Crippen LogP contribution < -0.4 is 25.3 Å². The number of nitrogens with two attached hydrogens (primary N) is 1. The van der Waals surface area contributed by atoms with E-state index < -0.39 is 5.54 Å². The zero-order valence-electron chi connectivity index (χ0n) is 15.2. The van der Waals surface area contributed by atoms with E-state index in [9.17, 15) is 4.79 Å². The SMILES string of the molecule is COc1cc(OC)cc(OCCNC(=O)C2CCCCC2(C)N)c1.Cl. The summed E-state index contributed by atoms with van der Waals surface area (Å²) in [6, 6.07) is 5.34. The summed E-state index contributed by atoms with van der Waals surface area (Å²) in [7, 11) is 3.18. The van der Waals surface area contributed by atoms with Crippen LogP contribution in [-0.4, -0.2) is 38.8 Å². The van der Waals surface area contributed by atoms with Crippen LogP contribution in [-0.2, 0) is 4.79 Å². The third-order valence-corrected chi connectivity index (χ3v) is 4.57. The van der Waals surface area contributed by atoms with Gasteiger partial charge in [0.2, 0.25) is 5.91 Å². The molecular weight excluding hydrogens is 344 g/mol. The minimum atomic E-state index is -0.413. The molecule has 3 N–H and O–H groups in total. The number of methoxy groups -OCH3 is 2. The van der Waals surface area contributed by atoms with Crippen LogP contribution in [0.2, 0.25) is 0 Å². The number of carbonyl (C=O) groups is 1. The van der Waals surface area contributed by atoms with Gasteiger partial charge >= 0.3 is 0 Å². The highest BCUT2D eigenvalue weighted by atomic mass is 35.5. The molecule has 0 radical (unpaired) electrons. The Kier molecular flexibility index (Phi) is 8.32. The molecule has 1 saturated carbocycles. The number of hydrogen-bond acceptors (Lipinski definition) is 5. The number of halogens is 1. The van der Waals surface area contributed by atoms with Crippen LogP contribution in [0.15, 0.2) is 18.2 Å². The standard InChI is InChI=1S/C18H28N2O4.ClH/c1-18(19)7-5-4-6-16(18)17(21)20-8-9-24-15-11-13(22-2)10-14(12-15)23-3;/h10-12,16H,4-9,19H2,1-3H3,(H,20,21);1H. The first-order valence-corrected chi connectivity index (χ1v) is 8.39. The number of amides is 1. The van der Waals surface area contributed by atoms with Gasteiger partial charge in [0.1, 0.15) is 23.9 Å². The van der Waals surface area contributed by atoms with Gasteiger partial charge in [-0.2, -0.15) is 0 Å². The molecule has 1 aromatic carbocycles. The summed E-state index contributed by atoms with van der Waals surface area (Å²) in [5.74, 6) is 1.86. The first-order valence-electron chi connectivity index (χ1n) is 8.39. The molecule has 2 rings (SSSR count). The number of rotatable bonds is 7. The first kappa shape index (κ1) is 21.4. The Bertz CT molecular complexity index is 544. The van der Waals surface area contributed by atoms with Crippen LogP contribution in [0.1, 0.15) is 32.6 Å². The minimum absolute atomic E-state index is 0. The molecule has 1 fully saturated rings. The molecule has 0 heterocycles. The molecule has 1 aromatic rings. The quantitative estimate of drug-likeness (QED) is 0.718. The second-order valence-corrected chi connectivity index (χ2v) is 6.49. The highest BCUT2D eigenvalue weighted by molar-refractivity contribution is 5.85. The van der Waals surface area contributed by atoms with E-state index in [1.54, 1.807) is 32.4 Å². The summed E-state index contributed by atoms with van der Waals surface area (Å²) in [4.78, 5) is 12.3. The molecule has 0 saturated heterocycles. The predicted molar refractivity (Wildman–Crippen MR) is 99.8 cm³/mol. The Morgan fingerprint density at radius 3 is 2.36 bits per heavy atom. The first-order chi connectivity index (χ1) is 11.5. The van der Waals surface area contributed by atoms with Gasteiger partial charge in [-0.05, 0) is 19.8 Å². The van der Waals surface area contributed by atoms with E-state index in [1.807, 2.05) is 6.92 Å². The van der Waals surface area contributed by atoms with Crippen molar-refractivity contribution in [2.45, 2.75) is 38.1 Å². The average molecular weight is 373 g/mol. The van der Waals surface area contributed by atoms with Gasteiger partial charge in [-0.3, -0.25) is 4.79 Å². The van der Waals surface area contributed by atoms with Crippen molar-refractivity contribution in [3.63, 3.8) is 0 Å². The number of nitrogens with one attached hydrogen (secondary N) is 1. The second-order valence-electron chi connectivity index (χ2n) is 6.49. The summed E-state index contributed by atoms with van der Waals surface area (Å²) in [6.07, 6.45) is 3.90. The van der Waals surface area contributed by atoms with Crippen molar-refractivity contribution in [3.8, 4) is 17.2 Å². The van der Waals surface area contributed by atoms with Crippen molar-refractivity contribution in [3.05, 3.63) is 18.2 Å². The number of ether oxygens (including phenoxy) is 3. The van der Waals surface area contributed by atoms with Crippen molar-refractivity contribution in [1.29, 1.82) is 0 Å². The number of benzene rings is 1. The van der Waals surface area contributed by atoms with Gasteiger partial charge in [0.05, 0.1) is 26.7 Å². The van der Waals surface area contributed by atoms with Gasteiger partial charge in [0, 0.05) is 23.7 Å². The third kappa shape index (κ3) is 5.97. The largest absolute Gasteiger partial charge is 0.496 e. The highest BCUT2D eigenvalue weighted by Crippen LogP contribution is 2.31. The average Bonchev–Trinajstić information content (AvgIpc) is 2.57. The third-order valence-electron chi connectivity index (χ3n) is 4.57. The molecule has 0 aromatic heterocycles. The Morgan fingerprint density at radius 2 is 1.80 bits per heavy atom. The lowest BCUT2D eigenvalue weighted by atomic mass is 9.74. The lowest BCUT2D eigenvalue weighted by molar-refractivity contribution is -0.128. The molecule has 0 bridgehead atoms. The fourth-order valence-electron chi connectivity index (χ4n) is 3.12. The van der Waals surface area contributed by atoms with Crippen LogP contribution in [0.3, 0.4) is 0 Å². The van der Waals surface area contributed by atoms with Gasteiger partial charge in [-0.1, -0.05) is 12.8 Å². The van der Waals surface area contributed by atoms with Crippen molar-refractivity contribution in [2.24, 2.45) is 11.7 Å². The summed E-state index contributed by atoms with van der Waals surface area (Å²) >= 11 is 0. The molecule has 1 aliphatic carbocycles. The van der Waals surface area contributed by atoms with Gasteiger partial charge in [0.25, 0.3) is 0 Å². The van der Waals surface area contributed by atoms with Crippen LogP contribution in [0.5, 0.6) is 17.2 Å². The molecule has 142 valence electrons. The van der Waals surface area contributed by atoms with E-state index >= 15 is 0 Å². The molecule has 2 atom stereocenters. The monoisotopic (exact) mass is 372 g/mol. The Hall–Kier alpha value is -1.66. The van der Waals surface area contributed by atoms with Gasteiger partial charge in [-0.25, -0.2) is 0 Å². The summed E-state index contributed by atoms with van der Waals surface area (Å²) in [5, 5.41) is 2.93. The highest BCUT2D eigenvalue weighted by Gasteiger charge is 2.37. The van der Waals surface area contributed by atoms with Crippen molar-refractivity contribution >= 4 is 18.3 Å². The lowest BCUT2D eigenvalue weighted by Gasteiger charge is -2.37. The molecule has 1 aliphatic rings. The minimum Gasteiger partial charge on any atom is -0.496 e. The van der Waals surface area contributed by atoms with Crippen molar-refractivity contribution in [1.82, 2.24) is 5.32 Å². The zero-order chi connectivity index (χ0) is 17.6. The second kappa shape index (κ2) is 9.73. The molecule has 7 heteroatoms. The van der Waals surface area contributed by atoms with Crippen LogP contribution in [0.4, 0.5) is 0 Å². The molecule has 25 heavy (non-hydrogen) atoms. The number of hydrogen-bond donors (Lipinski definition) is 2. The topological polar surface area (TPSA) is 82.8 Å². The lowest BCUT2D eigenvalue weighted by Crippen LogP contribution is -2.53. The maximum atomic E-state index is 12.3. The Morgan fingerprint density at radius 1 is 1.20 bits per heavy atom. The summed E-state index contributed by atoms with van der Waals surface area (Å²) in [5.41, 5.74) is 5.85. The van der Waals surface area contributed by atoms with Gasteiger partial charge in [0.15, 0.2) is 0 Å². The summed E-state index contributed by atoms with van der Waals surface area (Å²) in [6.45, 7) is 2.77. The Balaban J connectivity index is 0.00000312. The van der Waals surface area contributed by atoms with Crippen molar-refractivity contribution < 1.29 is 19.0 Å². The van der Waals surface area contributed by atoms with Gasteiger partial charge < -0.3 is 25.3 Å². The van der Waals surface area contributed by atoms with E-state index in [0.717, 1.165) is 25.7 Å². The molecule has 0 aliphatic heterocycles. The van der Waals surface area contributed by atoms with E-state index in [0.29, 0.717) is 30.4 Å². The molecule has 1 amide bonds. The number of carbonyl (C=O) groups excluding carboxylic acids is 1. The van der Waals surface area contributed by atoms with Gasteiger partial charge in [-0.15, -0.1) is 12.4 Å². The van der Waals surface area contributed by atoms with Crippen LogP contribution >= 0.6 is 12.4 Å². The molecular formula is C18H29ClN2O4. The Labute approximate surface area is 155 Å². The maximum Gasteiger partial charge on any atom is 0.225 e. The van der Waals surface area contributed by atoms with Crippen molar-refractivity contribution in [2.75, 3.05) is 27.4 Å².